The van der Waals surface area contributed by atoms with E-state index in [0.29, 0.717) is 5.56 Å². The fourth-order valence-electron chi connectivity index (χ4n) is 4.44. The van der Waals surface area contributed by atoms with Gasteiger partial charge in [0.15, 0.2) is 29.5 Å². The molecular formula is C25H27NO11S. The lowest BCUT2D eigenvalue weighted by atomic mass is 10.0. The summed E-state index contributed by atoms with van der Waals surface area (Å²) in [4.78, 5) is 19.6. The summed E-state index contributed by atoms with van der Waals surface area (Å²) >= 11 is 0. The number of benzene rings is 2. The van der Waals surface area contributed by atoms with E-state index in [0.717, 1.165) is 6.92 Å². The van der Waals surface area contributed by atoms with Crippen molar-refractivity contribution in [3.63, 3.8) is 0 Å². The first-order valence-corrected chi connectivity index (χ1v) is 13.0. The molecule has 2 N–H and O–H groups in total. The summed E-state index contributed by atoms with van der Waals surface area (Å²) in [5.74, 6) is -2.83. The minimum absolute atomic E-state index is 0.0419. The Balaban J connectivity index is 1.70. The zero-order chi connectivity index (χ0) is 28.0. The molecule has 0 saturated carbocycles. The number of nitro groups is 1. The van der Waals surface area contributed by atoms with Crippen LogP contribution in [-0.4, -0.2) is 64.8 Å². The Labute approximate surface area is 218 Å². The molecule has 5 atom stereocenters. The number of ether oxygens (including phenoxy) is 4. The second kappa shape index (κ2) is 9.66. The van der Waals surface area contributed by atoms with Gasteiger partial charge in [0.05, 0.1) is 4.90 Å². The molecule has 2 aliphatic heterocycles. The number of phenolic OH excluding ortho intramolecular Hbond substituents is 1. The van der Waals surface area contributed by atoms with Crippen molar-refractivity contribution in [2.45, 2.75) is 67.9 Å². The Kier molecular flexibility index (Phi) is 6.99. The van der Waals surface area contributed by atoms with Crippen molar-refractivity contribution in [3.05, 3.63) is 69.8 Å². The topological polar surface area (TPSA) is 172 Å². The molecule has 12 nitrogen and oxygen atoms in total. The van der Waals surface area contributed by atoms with Crippen molar-refractivity contribution >= 4 is 21.9 Å². The van der Waals surface area contributed by atoms with Gasteiger partial charge in [0, 0.05) is 17.4 Å². The molecule has 2 aromatic carbocycles. The van der Waals surface area contributed by atoms with E-state index in [2.05, 4.69) is 0 Å². The van der Waals surface area contributed by atoms with Gasteiger partial charge < -0.3 is 29.2 Å². The summed E-state index contributed by atoms with van der Waals surface area (Å²) in [5.41, 5.74) is 0.426. The number of carboxylic acid groups (broad SMARTS) is 1. The van der Waals surface area contributed by atoms with E-state index in [4.69, 9.17) is 24.1 Å². The molecule has 0 aliphatic carbocycles. The van der Waals surface area contributed by atoms with Crippen molar-refractivity contribution in [2.24, 2.45) is 0 Å². The van der Waals surface area contributed by atoms with Crippen LogP contribution in [0.5, 0.6) is 11.5 Å². The summed E-state index contributed by atoms with van der Waals surface area (Å²) < 4.78 is 50.6. The molecule has 13 heteroatoms. The number of sulfone groups is 1. The van der Waals surface area contributed by atoms with Crippen LogP contribution in [0.1, 0.15) is 33.3 Å². The van der Waals surface area contributed by atoms with E-state index in [1.807, 2.05) is 0 Å². The van der Waals surface area contributed by atoms with Gasteiger partial charge in [0.25, 0.3) is 9.84 Å². The molecular weight excluding hydrogens is 522 g/mol. The normalized spacial score (nSPS) is 26.4. The first-order chi connectivity index (χ1) is 17.7. The smallest absolute Gasteiger partial charge is 0.348 e. The van der Waals surface area contributed by atoms with Crippen LogP contribution in [0, 0.1) is 10.1 Å². The van der Waals surface area contributed by atoms with Crippen LogP contribution in [0.3, 0.4) is 0 Å². The Hall–Kier alpha value is -3.52. The predicted octanol–water partition coefficient (Wildman–Crippen LogP) is 2.97. The third kappa shape index (κ3) is 4.73. The summed E-state index contributed by atoms with van der Waals surface area (Å²) in [5, 5.41) is 32.0. The van der Waals surface area contributed by atoms with Crippen LogP contribution in [0.25, 0.3) is 6.08 Å². The van der Waals surface area contributed by atoms with Crippen molar-refractivity contribution < 1.29 is 47.3 Å². The highest BCUT2D eigenvalue weighted by molar-refractivity contribution is 7.92. The van der Waals surface area contributed by atoms with E-state index >= 15 is 0 Å². The maximum atomic E-state index is 13.6. The fourth-order valence-corrected chi connectivity index (χ4v) is 6.13. The highest BCUT2D eigenvalue weighted by atomic mass is 32.2. The maximum Gasteiger partial charge on any atom is 0.348 e. The standard InChI is InChI=1S/C25H27NO11S/c1-14(22(28)29)12-15-10-11-18(17(27)13-15)34-23-20-19(36-24(2,3)37-20)21(35-23)25(4,26(30)31)38(32,33)16-8-6-5-7-9-16/h5-13,19-21,23,27H,1-4H3,(H,28,29)/b14-12+/t19-,20+,21-,23+,25?/m0/s1. The van der Waals surface area contributed by atoms with Gasteiger partial charge in [-0.05, 0) is 56.7 Å². The zero-order valence-corrected chi connectivity index (χ0v) is 21.7. The molecule has 2 aliphatic rings. The lowest BCUT2D eigenvalue weighted by Gasteiger charge is -2.30. The summed E-state index contributed by atoms with van der Waals surface area (Å²) in [6.45, 7) is 5.49. The van der Waals surface area contributed by atoms with Crippen molar-refractivity contribution in [3.8, 4) is 11.5 Å². The van der Waals surface area contributed by atoms with Crippen LogP contribution >= 0.6 is 0 Å². The van der Waals surface area contributed by atoms with E-state index in [1.54, 1.807) is 19.9 Å². The van der Waals surface area contributed by atoms with E-state index in [1.165, 1.54) is 55.5 Å². The van der Waals surface area contributed by atoms with Crippen molar-refractivity contribution in [2.75, 3.05) is 0 Å². The van der Waals surface area contributed by atoms with E-state index in [-0.39, 0.29) is 22.0 Å². The largest absolute Gasteiger partial charge is 0.504 e. The van der Waals surface area contributed by atoms with E-state index in [9.17, 15) is 28.4 Å². The molecule has 1 unspecified atom stereocenters. The van der Waals surface area contributed by atoms with Gasteiger partial charge in [0.1, 0.15) is 6.10 Å². The molecule has 2 fully saturated rings. The third-order valence-corrected chi connectivity index (χ3v) is 8.81. The minimum atomic E-state index is -4.61. The summed E-state index contributed by atoms with van der Waals surface area (Å²) in [7, 11) is -4.61. The van der Waals surface area contributed by atoms with Gasteiger partial charge >= 0.3 is 10.8 Å². The van der Waals surface area contributed by atoms with Crippen LogP contribution < -0.4 is 4.74 Å². The monoisotopic (exact) mass is 549 g/mol. The maximum absolute atomic E-state index is 13.6. The predicted molar refractivity (Wildman–Crippen MR) is 132 cm³/mol. The molecule has 2 heterocycles. The third-order valence-electron chi connectivity index (χ3n) is 6.45. The molecule has 0 radical (unpaired) electrons. The van der Waals surface area contributed by atoms with Crippen LogP contribution in [-0.2, 0) is 28.8 Å². The Morgan fingerprint density at radius 1 is 1.16 bits per heavy atom. The lowest BCUT2D eigenvalue weighted by Crippen LogP contribution is -2.57. The number of aliphatic carboxylic acids is 1. The van der Waals surface area contributed by atoms with Gasteiger partial charge in [-0.1, -0.05) is 24.3 Å². The van der Waals surface area contributed by atoms with Gasteiger partial charge in [-0.15, -0.1) is 0 Å². The molecule has 2 saturated heterocycles. The summed E-state index contributed by atoms with van der Waals surface area (Å²) in [6.07, 6.45) is -3.97. The number of nitrogens with zero attached hydrogens (tertiary/aromatic N) is 1. The number of hydrogen-bond donors (Lipinski definition) is 2. The average molecular weight is 550 g/mol. The minimum Gasteiger partial charge on any atom is -0.504 e. The molecule has 0 spiro atoms. The SMILES string of the molecule is C/C(=C\c1ccc(O[C@@H]2O[C@H](C(C)([N+](=O)[O-])S(=O)(=O)c3ccccc3)[C@H]3OC(C)(C)O[C@@H]23)c(O)c1)C(=O)O. The zero-order valence-electron chi connectivity index (χ0n) is 20.9. The summed E-state index contributed by atoms with van der Waals surface area (Å²) in [6, 6.07) is 11.1. The number of carboxylic acids is 1. The number of fused-ring (bicyclic) bond motifs is 1. The van der Waals surface area contributed by atoms with Crippen molar-refractivity contribution in [1.29, 1.82) is 0 Å². The van der Waals surface area contributed by atoms with Gasteiger partial charge in [-0.3, -0.25) is 10.1 Å². The molecule has 0 aromatic heterocycles. The Bertz CT molecular complexity index is 1390. The number of aromatic hydroxyl groups is 1. The lowest BCUT2D eigenvalue weighted by molar-refractivity contribution is -0.552. The Morgan fingerprint density at radius 3 is 2.37 bits per heavy atom. The molecule has 0 amide bonds. The first kappa shape index (κ1) is 27.5. The quantitative estimate of drug-likeness (QED) is 0.282. The molecule has 4 rings (SSSR count). The second-order valence-electron chi connectivity index (χ2n) is 9.60. The molecule has 38 heavy (non-hydrogen) atoms. The van der Waals surface area contributed by atoms with Crippen LogP contribution in [0.4, 0.5) is 0 Å². The van der Waals surface area contributed by atoms with Gasteiger partial charge in [-0.2, -0.15) is 0 Å². The van der Waals surface area contributed by atoms with Gasteiger partial charge in [-0.25, -0.2) is 13.2 Å². The van der Waals surface area contributed by atoms with Crippen molar-refractivity contribution in [1.82, 2.24) is 0 Å². The highest BCUT2D eigenvalue weighted by Crippen LogP contribution is 2.46. The number of phenols is 1. The molecule has 0 bridgehead atoms. The van der Waals surface area contributed by atoms with Crippen LogP contribution in [0.2, 0.25) is 0 Å². The average Bonchev–Trinajstić information content (AvgIpc) is 3.33. The Morgan fingerprint density at radius 2 is 1.79 bits per heavy atom. The molecule has 204 valence electrons. The van der Waals surface area contributed by atoms with E-state index < -0.39 is 56.0 Å². The van der Waals surface area contributed by atoms with Gasteiger partial charge in [0.2, 0.25) is 6.29 Å². The fraction of sp³-hybridized carbons (Fsp3) is 0.400. The van der Waals surface area contributed by atoms with Crippen LogP contribution in [0.15, 0.2) is 59.0 Å². The molecule has 2 aromatic rings. The first-order valence-electron chi connectivity index (χ1n) is 11.5. The number of carbonyl (C=O) groups is 1. The number of hydrogen-bond acceptors (Lipinski definition) is 10. The number of rotatable bonds is 8. The highest BCUT2D eigenvalue weighted by Gasteiger charge is 2.70. The second-order valence-corrected chi connectivity index (χ2v) is 11.9.